The largest absolute Gasteiger partial charge is 0.326 e. The Bertz CT molecular complexity index is 842. The van der Waals surface area contributed by atoms with Crippen LogP contribution in [0.2, 0.25) is 0 Å². The first-order valence-corrected chi connectivity index (χ1v) is 7.00. The van der Waals surface area contributed by atoms with Gasteiger partial charge in [-0.05, 0) is 48.0 Å². The second-order valence-electron chi connectivity index (χ2n) is 5.01. The molecule has 0 aliphatic carbocycles. The van der Waals surface area contributed by atoms with E-state index in [1.54, 1.807) is 18.2 Å². The van der Waals surface area contributed by atoms with Crippen LogP contribution in [0.5, 0.6) is 0 Å². The van der Waals surface area contributed by atoms with Crippen molar-refractivity contribution in [3.63, 3.8) is 0 Å². The summed E-state index contributed by atoms with van der Waals surface area (Å²) in [5.74, 6) is -1.77. The monoisotopic (exact) mass is 314 g/mol. The summed E-state index contributed by atoms with van der Waals surface area (Å²) in [7, 11) is 0. The van der Waals surface area contributed by atoms with Crippen LogP contribution >= 0.6 is 0 Å². The Morgan fingerprint density at radius 1 is 0.826 bits per heavy atom. The van der Waals surface area contributed by atoms with Crippen LogP contribution < -0.4 is 5.73 Å². The molecule has 0 spiro atoms. The predicted octanol–water partition coefficient (Wildman–Crippen LogP) is 4.29. The maximum Gasteiger partial charge on any atom is 0.135 e. The molecule has 0 aliphatic heterocycles. The van der Waals surface area contributed by atoms with Crippen molar-refractivity contribution in [3.05, 3.63) is 77.6 Å². The van der Waals surface area contributed by atoms with E-state index in [9.17, 15) is 13.2 Å². The molecule has 0 atom stereocenters. The van der Waals surface area contributed by atoms with Crippen LogP contribution in [0.25, 0.3) is 22.5 Å². The molecule has 0 saturated heterocycles. The van der Waals surface area contributed by atoms with Gasteiger partial charge in [0, 0.05) is 12.1 Å². The van der Waals surface area contributed by atoms with Crippen LogP contribution in [-0.2, 0) is 6.54 Å². The summed E-state index contributed by atoms with van der Waals surface area (Å²) < 4.78 is 41.2. The van der Waals surface area contributed by atoms with E-state index in [1.807, 2.05) is 0 Å². The number of nitrogens with two attached hydrogens (primary N) is 1. The fourth-order valence-electron chi connectivity index (χ4n) is 2.45. The van der Waals surface area contributed by atoms with Gasteiger partial charge >= 0.3 is 0 Å². The van der Waals surface area contributed by atoms with Gasteiger partial charge in [0.05, 0.1) is 17.0 Å². The van der Waals surface area contributed by atoms with Crippen molar-refractivity contribution in [1.82, 2.24) is 4.98 Å². The normalized spacial score (nSPS) is 10.8. The Balaban J connectivity index is 2.15. The third kappa shape index (κ3) is 2.96. The number of hydrogen-bond donors (Lipinski definition) is 1. The molecule has 0 aliphatic rings. The molecule has 1 aromatic heterocycles. The van der Waals surface area contributed by atoms with Crippen LogP contribution in [0.4, 0.5) is 13.2 Å². The summed E-state index contributed by atoms with van der Waals surface area (Å²) in [6.07, 6.45) is 0. The van der Waals surface area contributed by atoms with Crippen molar-refractivity contribution in [3.8, 4) is 22.5 Å². The minimum atomic E-state index is -0.687. The maximum absolute atomic E-state index is 13.9. The lowest BCUT2D eigenvalue weighted by Gasteiger charge is -2.10. The molecule has 2 aromatic carbocycles. The first-order valence-electron chi connectivity index (χ1n) is 7.00. The van der Waals surface area contributed by atoms with E-state index in [-0.39, 0.29) is 17.8 Å². The van der Waals surface area contributed by atoms with Crippen LogP contribution in [0.15, 0.2) is 54.6 Å². The second kappa shape index (κ2) is 6.22. The number of pyridine rings is 1. The molecule has 2 nitrogen and oxygen atoms in total. The highest BCUT2D eigenvalue weighted by atomic mass is 19.1. The van der Waals surface area contributed by atoms with E-state index in [2.05, 4.69) is 4.98 Å². The Kier molecular flexibility index (Phi) is 4.12. The molecule has 3 rings (SSSR count). The van der Waals surface area contributed by atoms with Crippen LogP contribution in [-0.4, -0.2) is 4.98 Å². The second-order valence-corrected chi connectivity index (χ2v) is 5.01. The number of nitrogens with zero attached hydrogens (tertiary/aromatic N) is 1. The average Bonchev–Trinajstić information content (AvgIpc) is 2.55. The quantitative estimate of drug-likeness (QED) is 0.783. The molecule has 2 N–H and O–H groups in total. The summed E-state index contributed by atoms with van der Waals surface area (Å²) in [5, 5.41) is 0. The molecule has 5 heteroatoms. The van der Waals surface area contributed by atoms with Gasteiger partial charge in [-0.2, -0.15) is 0 Å². The molecule has 0 radical (unpaired) electrons. The molecule has 3 aromatic rings. The van der Waals surface area contributed by atoms with Crippen LogP contribution in [0.3, 0.4) is 0 Å². The van der Waals surface area contributed by atoms with Gasteiger partial charge in [-0.3, -0.25) is 0 Å². The number of benzene rings is 2. The Labute approximate surface area is 131 Å². The van der Waals surface area contributed by atoms with Gasteiger partial charge in [0.2, 0.25) is 0 Å². The Hall–Kier alpha value is -2.66. The standard InChI is InChI=1S/C18H13F3N2/c19-12-7-8-13(11(9-12)10-22)16-5-2-6-17(23-16)18-14(20)3-1-4-15(18)21/h1-9H,10,22H2. The Morgan fingerprint density at radius 3 is 2.17 bits per heavy atom. The van der Waals surface area contributed by atoms with Gasteiger partial charge < -0.3 is 5.73 Å². The first-order chi connectivity index (χ1) is 11.1. The van der Waals surface area contributed by atoms with E-state index in [0.717, 1.165) is 0 Å². The van der Waals surface area contributed by atoms with Crippen LogP contribution in [0, 0.1) is 17.5 Å². The maximum atomic E-state index is 13.9. The van der Waals surface area contributed by atoms with Crippen LogP contribution in [0.1, 0.15) is 5.56 Å². The third-order valence-electron chi connectivity index (χ3n) is 3.53. The number of rotatable bonds is 3. The van der Waals surface area contributed by atoms with Crippen molar-refractivity contribution in [2.75, 3.05) is 0 Å². The molecular formula is C18H13F3N2. The molecule has 0 saturated carbocycles. The first kappa shape index (κ1) is 15.2. The van der Waals surface area contributed by atoms with Crippen molar-refractivity contribution in [2.24, 2.45) is 5.73 Å². The molecule has 0 amide bonds. The molecule has 0 unspecified atom stereocenters. The number of aromatic nitrogens is 1. The zero-order valence-corrected chi connectivity index (χ0v) is 12.1. The molecule has 1 heterocycles. The zero-order chi connectivity index (χ0) is 16.4. The molecule has 0 bridgehead atoms. The minimum Gasteiger partial charge on any atom is -0.326 e. The fraction of sp³-hybridized carbons (Fsp3) is 0.0556. The smallest absolute Gasteiger partial charge is 0.135 e. The van der Waals surface area contributed by atoms with E-state index in [1.165, 1.54) is 36.4 Å². The topological polar surface area (TPSA) is 38.9 Å². The minimum absolute atomic E-state index is 0.132. The zero-order valence-electron chi connectivity index (χ0n) is 12.1. The van der Waals surface area contributed by atoms with Gasteiger partial charge in [-0.25, -0.2) is 18.2 Å². The molecular weight excluding hydrogens is 301 g/mol. The van der Waals surface area contributed by atoms with Gasteiger partial charge in [-0.1, -0.05) is 12.1 Å². The molecule has 0 fully saturated rings. The lowest BCUT2D eigenvalue weighted by atomic mass is 10.0. The fourth-order valence-corrected chi connectivity index (χ4v) is 2.45. The Morgan fingerprint density at radius 2 is 1.48 bits per heavy atom. The van der Waals surface area contributed by atoms with Gasteiger partial charge in [0.1, 0.15) is 17.5 Å². The van der Waals surface area contributed by atoms with E-state index < -0.39 is 17.5 Å². The summed E-state index contributed by atoms with van der Waals surface area (Å²) >= 11 is 0. The van der Waals surface area contributed by atoms with E-state index in [0.29, 0.717) is 16.8 Å². The van der Waals surface area contributed by atoms with Crippen molar-refractivity contribution in [1.29, 1.82) is 0 Å². The summed E-state index contributed by atoms with van der Waals surface area (Å²) in [4.78, 5) is 4.32. The lowest BCUT2D eigenvalue weighted by Crippen LogP contribution is -2.01. The SMILES string of the molecule is NCc1cc(F)ccc1-c1cccc(-c2c(F)cccc2F)n1. The summed E-state index contributed by atoms with van der Waals surface area (Å²) in [6, 6.07) is 12.7. The summed E-state index contributed by atoms with van der Waals surface area (Å²) in [6.45, 7) is 0.132. The van der Waals surface area contributed by atoms with Crippen molar-refractivity contribution < 1.29 is 13.2 Å². The van der Waals surface area contributed by atoms with E-state index >= 15 is 0 Å². The lowest BCUT2D eigenvalue weighted by molar-refractivity contribution is 0.588. The van der Waals surface area contributed by atoms with Gasteiger partial charge in [0.25, 0.3) is 0 Å². The van der Waals surface area contributed by atoms with Gasteiger partial charge in [-0.15, -0.1) is 0 Å². The summed E-state index contributed by atoms with van der Waals surface area (Å²) in [5.41, 5.74) is 7.30. The highest BCUT2D eigenvalue weighted by molar-refractivity contribution is 5.69. The van der Waals surface area contributed by atoms with Crippen molar-refractivity contribution >= 4 is 0 Å². The predicted molar refractivity (Wildman–Crippen MR) is 82.9 cm³/mol. The average molecular weight is 314 g/mol. The third-order valence-corrected chi connectivity index (χ3v) is 3.53. The number of halogens is 3. The highest BCUT2D eigenvalue weighted by Crippen LogP contribution is 2.28. The highest BCUT2D eigenvalue weighted by Gasteiger charge is 2.14. The van der Waals surface area contributed by atoms with Crippen molar-refractivity contribution in [2.45, 2.75) is 6.54 Å². The molecule has 23 heavy (non-hydrogen) atoms. The van der Waals surface area contributed by atoms with E-state index in [4.69, 9.17) is 5.73 Å². The van der Waals surface area contributed by atoms with Gasteiger partial charge in [0.15, 0.2) is 0 Å². The number of hydrogen-bond acceptors (Lipinski definition) is 2. The molecule has 116 valence electrons.